The molecule has 0 aromatic rings. The van der Waals surface area contributed by atoms with Crippen LogP contribution in [0.2, 0.25) is 0 Å². The Morgan fingerprint density at radius 3 is 0.857 bits per heavy atom. The summed E-state index contributed by atoms with van der Waals surface area (Å²) in [5, 5.41) is 5.50. The van der Waals surface area contributed by atoms with Crippen molar-refractivity contribution in [2.75, 3.05) is 0 Å². The SMILES string of the molecule is OF.[K+].[OH-].[OH-].[OH-].[Ti]. The fourth-order valence-electron chi connectivity index (χ4n) is 0. The standard InChI is InChI=1S/FHO.K.3H2O.Ti/c1-2;;;;;/h2H;;3*1H2;/q;+1;;;;/p-3. The van der Waals surface area contributed by atoms with Gasteiger partial charge in [0.2, 0.25) is 0 Å². The molecule has 4 nitrogen and oxygen atoms in total. The van der Waals surface area contributed by atoms with Crippen LogP contribution in [0.5, 0.6) is 0 Å². The molecule has 0 amide bonds. The average molecular weight is 174 g/mol. The average Bonchev–Trinajstić information content (AvgIpc) is 1.00. The van der Waals surface area contributed by atoms with E-state index in [1.54, 1.807) is 0 Å². The maximum atomic E-state index is 8.50. The molecule has 0 aromatic carbocycles. The summed E-state index contributed by atoms with van der Waals surface area (Å²) in [5.74, 6) is 0. The molecule has 0 aromatic heterocycles. The monoisotopic (exact) mass is 174 g/mol. The Hall–Kier alpha value is 2.12. The molecule has 0 saturated heterocycles. The second-order valence-electron chi connectivity index (χ2n) is 0. The van der Waals surface area contributed by atoms with Crippen LogP contribution in [-0.4, -0.2) is 21.7 Å². The second kappa shape index (κ2) is 91.6. The van der Waals surface area contributed by atoms with E-state index in [-0.39, 0.29) is 89.5 Å². The minimum absolute atomic E-state index is 0. The zero-order chi connectivity index (χ0) is 2.00. The van der Waals surface area contributed by atoms with Gasteiger partial charge in [0.25, 0.3) is 0 Å². The largest absolute Gasteiger partial charge is 1.00 e. The van der Waals surface area contributed by atoms with Crippen LogP contribution < -0.4 is 51.4 Å². The Kier molecular flexibility index (Phi) is 808. The van der Waals surface area contributed by atoms with Gasteiger partial charge in [-0.2, -0.15) is 0 Å². The third kappa shape index (κ3) is 67.6. The van der Waals surface area contributed by atoms with E-state index in [2.05, 4.69) is 0 Å². The fourth-order valence-corrected chi connectivity index (χ4v) is 0. The van der Waals surface area contributed by atoms with Crippen LogP contribution in [0.1, 0.15) is 0 Å². The topological polar surface area (TPSA) is 110 Å². The van der Waals surface area contributed by atoms with E-state index in [1.807, 2.05) is 0 Å². The van der Waals surface area contributed by atoms with Gasteiger partial charge in [-0.3, -0.25) is 0 Å². The molecule has 42 valence electrons. The van der Waals surface area contributed by atoms with E-state index >= 15 is 0 Å². The molecule has 0 saturated carbocycles. The van der Waals surface area contributed by atoms with Crippen LogP contribution in [0, 0.1) is 0 Å². The van der Waals surface area contributed by atoms with Gasteiger partial charge in [0.15, 0.2) is 0 Å². The maximum absolute atomic E-state index is 8.50. The first kappa shape index (κ1) is 61.8. The van der Waals surface area contributed by atoms with Crippen molar-refractivity contribution in [3.8, 4) is 0 Å². The minimum atomic E-state index is 0. The molecule has 0 aliphatic carbocycles. The molecule has 0 spiro atoms. The number of hydrogen-bond donors (Lipinski definition) is 1. The van der Waals surface area contributed by atoms with Gasteiger partial charge in [-0.15, -0.1) is 0 Å². The third-order valence-corrected chi connectivity index (χ3v) is 0. The minimum Gasteiger partial charge on any atom is -0.870 e. The summed E-state index contributed by atoms with van der Waals surface area (Å²) < 4.78 is 8.50. The van der Waals surface area contributed by atoms with Gasteiger partial charge in [0, 0.05) is 21.7 Å². The molecule has 0 heterocycles. The second-order valence-corrected chi connectivity index (χ2v) is 0. The molecule has 0 bridgehead atoms. The predicted octanol–water partition coefficient (Wildman–Crippen LogP) is -3.67. The van der Waals surface area contributed by atoms with Gasteiger partial charge >= 0.3 is 51.4 Å². The summed E-state index contributed by atoms with van der Waals surface area (Å²) >= 11 is 0. The predicted molar refractivity (Wildman–Crippen MR) is 9.13 cm³/mol. The summed E-state index contributed by atoms with van der Waals surface area (Å²) in [6.07, 6.45) is 0. The molecule has 0 atom stereocenters. The molecule has 0 radical (unpaired) electrons. The van der Waals surface area contributed by atoms with E-state index in [9.17, 15) is 0 Å². The zero-order valence-electron chi connectivity index (χ0n) is 3.67. The van der Waals surface area contributed by atoms with Crippen molar-refractivity contribution in [1.29, 1.82) is 0 Å². The van der Waals surface area contributed by atoms with Crippen molar-refractivity contribution in [3.63, 3.8) is 0 Å². The van der Waals surface area contributed by atoms with Crippen molar-refractivity contribution in [2.45, 2.75) is 0 Å². The van der Waals surface area contributed by atoms with Gasteiger partial charge in [0.05, 0.1) is 0 Å². The molecular formula is H4FKO4Ti-2. The Bertz CT molecular complexity index is 11.7. The van der Waals surface area contributed by atoms with Crippen LogP contribution in [0.15, 0.2) is 0 Å². The first-order valence-electron chi connectivity index (χ1n) is 0.169. The molecule has 0 rings (SSSR count). The van der Waals surface area contributed by atoms with Crippen LogP contribution in [-0.2, 0) is 21.7 Å². The van der Waals surface area contributed by atoms with E-state index in [0.29, 0.717) is 0 Å². The first-order valence-corrected chi connectivity index (χ1v) is 0.169. The number of hydrogen-bond acceptors (Lipinski definition) is 4. The molecule has 7 heavy (non-hydrogen) atoms. The van der Waals surface area contributed by atoms with Gasteiger partial charge in [-0.1, -0.05) is 4.53 Å². The van der Waals surface area contributed by atoms with Gasteiger partial charge < -0.3 is 16.4 Å². The molecule has 7 heteroatoms. The van der Waals surface area contributed by atoms with Crippen molar-refractivity contribution >= 4 is 0 Å². The Labute approximate surface area is 97.6 Å². The normalized spacial score (nSPS) is 0.857. The van der Waals surface area contributed by atoms with Crippen LogP contribution >= 0.6 is 0 Å². The number of rotatable bonds is 0. The third-order valence-electron chi connectivity index (χ3n) is 0. The zero-order valence-corrected chi connectivity index (χ0v) is 8.35. The Morgan fingerprint density at radius 1 is 0.857 bits per heavy atom. The molecule has 0 fully saturated rings. The molecule has 0 aliphatic rings. The van der Waals surface area contributed by atoms with Crippen molar-refractivity contribution in [1.82, 2.24) is 0 Å². The first-order chi connectivity index (χ1) is 1.00. The Balaban J connectivity index is -0.000000000500. The summed E-state index contributed by atoms with van der Waals surface area (Å²) in [4.78, 5) is 0. The van der Waals surface area contributed by atoms with Crippen molar-refractivity contribution in [3.05, 3.63) is 0 Å². The summed E-state index contributed by atoms with van der Waals surface area (Å²) in [7, 11) is 0. The fraction of sp³-hybridized carbons (Fsp3) is 0. The summed E-state index contributed by atoms with van der Waals surface area (Å²) in [6, 6.07) is 0. The summed E-state index contributed by atoms with van der Waals surface area (Å²) in [5.41, 5.74) is 0. The van der Waals surface area contributed by atoms with E-state index in [1.165, 1.54) is 0 Å². The molecule has 0 aliphatic heterocycles. The van der Waals surface area contributed by atoms with Gasteiger partial charge in [-0.05, 0) is 0 Å². The van der Waals surface area contributed by atoms with Crippen LogP contribution in [0.25, 0.3) is 0 Å². The maximum Gasteiger partial charge on any atom is 1.00 e. The summed E-state index contributed by atoms with van der Waals surface area (Å²) in [6.45, 7) is 0. The molecule has 4 N–H and O–H groups in total. The quantitative estimate of drug-likeness (QED) is 0.381. The molecular weight excluding hydrogens is 170 g/mol. The molecule has 0 unspecified atom stereocenters. The van der Waals surface area contributed by atoms with Crippen molar-refractivity contribution in [2.24, 2.45) is 0 Å². The van der Waals surface area contributed by atoms with E-state index in [0.717, 1.165) is 0 Å². The van der Waals surface area contributed by atoms with Gasteiger partial charge in [-0.25, -0.2) is 5.31 Å². The van der Waals surface area contributed by atoms with Crippen LogP contribution in [0.3, 0.4) is 0 Å². The van der Waals surface area contributed by atoms with Crippen LogP contribution in [0.4, 0.5) is 4.53 Å². The van der Waals surface area contributed by atoms with E-state index < -0.39 is 0 Å². The smallest absolute Gasteiger partial charge is 0.870 e. The Morgan fingerprint density at radius 2 is 0.857 bits per heavy atom. The van der Waals surface area contributed by atoms with E-state index in [4.69, 9.17) is 9.84 Å². The van der Waals surface area contributed by atoms with Gasteiger partial charge in [0.1, 0.15) is 0 Å². The van der Waals surface area contributed by atoms with Crippen molar-refractivity contribution < 1.29 is 99.4 Å². The number of halogens is 1.